The second-order valence-electron chi connectivity index (χ2n) is 8.48. The number of amides is 1. The molecule has 0 bridgehead atoms. The molecule has 4 aromatic rings. The molecule has 1 N–H and O–H groups in total. The van der Waals surface area contributed by atoms with Crippen molar-refractivity contribution in [2.24, 2.45) is 0 Å². The number of carbonyl (C=O) groups excluding carboxylic acids is 1. The zero-order chi connectivity index (χ0) is 25.9. The first-order valence-corrected chi connectivity index (χ1v) is 11.6. The fraction of sp³-hybridized carbons (Fsp3) is 0.179. The highest BCUT2D eigenvalue weighted by Crippen LogP contribution is 2.38. The van der Waals surface area contributed by atoms with Crippen molar-refractivity contribution in [2.45, 2.75) is 6.10 Å². The van der Waals surface area contributed by atoms with E-state index in [9.17, 15) is 9.18 Å². The molecule has 2 heterocycles. The predicted molar refractivity (Wildman–Crippen MR) is 139 cm³/mol. The summed E-state index contributed by atoms with van der Waals surface area (Å²) in [7, 11) is 3.15. The van der Waals surface area contributed by atoms with Crippen LogP contribution in [0.1, 0.15) is 0 Å². The van der Waals surface area contributed by atoms with Crippen LogP contribution in [0.4, 0.5) is 15.9 Å². The van der Waals surface area contributed by atoms with Gasteiger partial charge in [-0.15, -0.1) is 0 Å². The lowest BCUT2D eigenvalue weighted by atomic mass is 10.0. The summed E-state index contributed by atoms with van der Waals surface area (Å²) in [6, 6.07) is 15.6. The van der Waals surface area contributed by atoms with Gasteiger partial charge < -0.3 is 24.4 Å². The van der Waals surface area contributed by atoms with Crippen LogP contribution in [-0.2, 0) is 4.79 Å². The van der Waals surface area contributed by atoms with E-state index < -0.39 is 0 Å². The number of fused-ring (bicyclic) bond motifs is 1. The van der Waals surface area contributed by atoms with Crippen LogP contribution >= 0.6 is 0 Å². The van der Waals surface area contributed by atoms with Crippen LogP contribution in [0.2, 0.25) is 0 Å². The average molecular weight is 501 g/mol. The van der Waals surface area contributed by atoms with E-state index in [0.29, 0.717) is 52.7 Å². The summed E-state index contributed by atoms with van der Waals surface area (Å²) in [4.78, 5) is 22.3. The van der Waals surface area contributed by atoms with Crippen molar-refractivity contribution in [1.29, 1.82) is 0 Å². The van der Waals surface area contributed by atoms with Gasteiger partial charge in [0.1, 0.15) is 29.8 Å². The van der Waals surface area contributed by atoms with Crippen molar-refractivity contribution in [3.8, 4) is 28.4 Å². The van der Waals surface area contributed by atoms with Gasteiger partial charge in [0.15, 0.2) is 11.5 Å². The van der Waals surface area contributed by atoms with Crippen molar-refractivity contribution < 1.29 is 23.4 Å². The number of methoxy groups -OCH3 is 2. The number of benzene rings is 3. The Hall–Kier alpha value is -4.66. The van der Waals surface area contributed by atoms with Crippen LogP contribution in [0, 0.1) is 5.82 Å². The molecule has 1 fully saturated rings. The summed E-state index contributed by atoms with van der Waals surface area (Å²) in [6.45, 7) is 4.46. The second-order valence-corrected chi connectivity index (χ2v) is 8.48. The number of aromatic nitrogens is 2. The molecule has 1 aromatic heterocycles. The number of carbonyl (C=O) groups is 1. The highest BCUT2D eigenvalue weighted by molar-refractivity contribution is 5.94. The topological polar surface area (TPSA) is 85.8 Å². The SMILES string of the molecule is C=CC(=O)N1CC(Oc2cc3c(Nc4cc(-c5ccc(F)cc5)ccc4OC)ncnc3cc2OC)C1. The van der Waals surface area contributed by atoms with E-state index in [0.717, 1.165) is 11.1 Å². The van der Waals surface area contributed by atoms with Crippen molar-refractivity contribution >= 4 is 28.3 Å². The van der Waals surface area contributed by atoms with Gasteiger partial charge in [-0.05, 0) is 47.5 Å². The van der Waals surface area contributed by atoms with Gasteiger partial charge in [0.25, 0.3) is 0 Å². The third-order valence-electron chi connectivity index (χ3n) is 6.18. The Balaban J connectivity index is 1.47. The fourth-order valence-corrected chi connectivity index (χ4v) is 4.17. The Labute approximate surface area is 213 Å². The Kier molecular flexibility index (Phi) is 6.59. The smallest absolute Gasteiger partial charge is 0.246 e. The normalized spacial score (nSPS) is 13.1. The number of halogens is 1. The molecular formula is C28H25FN4O4. The van der Waals surface area contributed by atoms with E-state index in [1.54, 1.807) is 37.3 Å². The maximum atomic E-state index is 13.4. The molecule has 0 radical (unpaired) electrons. The maximum absolute atomic E-state index is 13.4. The number of nitrogens with one attached hydrogen (secondary N) is 1. The molecule has 0 atom stereocenters. The van der Waals surface area contributed by atoms with E-state index in [4.69, 9.17) is 14.2 Å². The number of likely N-dealkylation sites (tertiary alicyclic amines) is 1. The largest absolute Gasteiger partial charge is 0.495 e. The lowest BCUT2D eigenvalue weighted by Crippen LogP contribution is -2.55. The van der Waals surface area contributed by atoms with Crippen molar-refractivity contribution in [3.05, 3.63) is 79.4 Å². The maximum Gasteiger partial charge on any atom is 0.246 e. The lowest BCUT2D eigenvalue weighted by Gasteiger charge is -2.38. The van der Waals surface area contributed by atoms with Gasteiger partial charge in [-0.25, -0.2) is 14.4 Å². The van der Waals surface area contributed by atoms with Gasteiger partial charge in [-0.3, -0.25) is 4.79 Å². The summed E-state index contributed by atoms with van der Waals surface area (Å²) in [6.07, 6.45) is 2.59. The Morgan fingerprint density at radius 3 is 2.43 bits per heavy atom. The van der Waals surface area contributed by atoms with Gasteiger partial charge in [0.05, 0.1) is 38.5 Å². The quantitative estimate of drug-likeness (QED) is 0.342. The predicted octanol–water partition coefficient (Wildman–Crippen LogP) is 4.97. The number of rotatable bonds is 8. The van der Waals surface area contributed by atoms with Crippen LogP contribution in [0.5, 0.6) is 17.2 Å². The Morgan fingerprint density at radius 1 is 1.00 bits per heavy atom. The molecule has 0 aliphatic carbocycles. The summed E-state index contributed by atoms with van der Waals surface area (Å²) >= 11 is 0. The molecule has 5 rings (SSSR count). The standard InChI is InChI=1S/C28H25FN4O4/c1-4-27(34)33-14-20(15-33)37-26-12-21-22(13-25(26)36-3)30-16-31-28(21)32-23-11-18(7-10-24(23)35-2)17-5-8-19(29)9-6-17/h4-13,16,20H,1,14-15H2,2-3H3,(H,30,31,32). The van der Waals surface area contributed by atoms with Gasteiger partial charge in [-0.2, -0.15) is 0 Å². The lowest BCUT2D eigenvalue weighted by molar-refractivity contribution is -0.134. The van der Waals surface area contributed by atoms with Crippen LogP contribution in [0.25, 0.3) is 22.0 Å². The average Bonchev–Trinajstić information content (AvgIpc) is 2.90. The van der Waals surface area contributed by atoms with Crippen molar-refractivity contribution in [3.63, 3.8) is 0 Å². The van der Waals surface area contributed by atoms with E-state index in [-0.39, 0.29) is 17.8 Å². The van der Waals surface area contributed by atoms with E-state index in [1.165, 1.54) is 24.5 Å². The first-order chi connectivity index (χ1) is 18.0. The van der Waals surface area contributed by atoms with Crippen LogP contribution in [-0.4, -0.2) is 54.2 Å². The zero-order valence-corrected chi connectivity index (χ0v) is 20.4. The van der Waals surface area contributed by atoms with E-state index >= 15 is 0 Å². The van der Waals surface area contributed by atoms with Gasteiger partial charge in [-0.1, -0.05) is 24.8 Å². The highest BCUT2D eigenvalue weighted by atomic mass is 19.1. The Morgan fingerprint density at radius 2 is 1.73 bits per heavy atom. The van der Waals surface area contributed by atoms with E-state index in [2.05, 4.69) is 21.9 Å². The number of ether oxygens (including phenoxy) is 3. The molecule has 37 heavy (non-hydrogen) atoms. The third-order valence-corrected chi connectivity index (χ3v) is 6.18. The Bertz CT molecular complexity index is 1470. The van der Waals surface area contributed by atoms with Crippen LogP contribution < -0.4 is 19.5 Å². The van der Waals surface area contributed by atoms with Gasteiger partial charge in [0.2, 0.25) is 5.91 Å². The van der Waals surface area contributed by atoms with Crippen LogP contribution in [0.15, 0.2) is 73.6 Å². The third kappa shape index (κ3) is 4.88. The molecule has 3 aromatic carbocycles. The summed E-state index contributed by atoms with van der Waals surface area (Å²) in [5.74, 6) is 1.80. The number of hydrogen-bond donors (Lipinski definition) is 1. The van der Waals surface area contributed by atoms with Crippen molar-refractivity contribution in [2.75, 3.05) is 32.6 Å². The minimum absolute atomic E-state index is 0.123. The summed E-state index contributed by atoms with van der Waals surface area (Å²) in [5, 5.41) is 4.07. The fourth-order valence-electron chi connectivity index (χ4n) is 4.17. The molecule has 0 unspecified atom stereocenters. The van der Waals surface area contributed by atoms with Gasteiger partial charge >= 0.3 is 0 Å². The molecule has 9 heteroatoms. The number of anilines is 2. The first kappa shape index (κ1) is 24.1. The monoisotopic (exact) mass is 500 g/mol. The second kappa shape index (κ2) is 10.1. The highest BCUT2D eigenvalue weighted by Gasteiger charge is 2.31. The number of hydrogen-bond acceptors (Lipinski definition) is 7. The molecular weight excluding hydrogens is 475 g/mol. The number of nitrogens with zero attached hydrogens (tertiary/aromatic N) is 3. The van der Waals surface area contributed by atoms with Gasteiger partial charge in [0, 0.05) is 11.5 Å². The zero-order valence-electron chi connectivity index (χ0n) is 20.4. The minimum atomic E-state index is -0.293. The molecule has 1 saturated heterocycles. The molecule has 0 saturated carbocycles. The summed E-state index contributed by atoms with van der Waals surface area (Å²) < 4.78 is 30.7. The molecule has 188 valence electrons. The van der Waals surface area contributed by atoms with Crippen LogP contribution in [0.3, 0.4) is 0 Å². The molecule has 1 aliphatic heterocycles. The van der Waals surface area contributed by atoms with E-state index in [1.807, 2.05) is 24.3 Å². The van der Waals surface area contributed by atoms with Crippen molar-refractivity contribution in [1.82, 2.24) is 14.9 Å². The summed E-state index contributed by atoms with van der Waals surface area (Å²) in [5.41, 5.74) is 3.09. The molecule has 0 spiro atoms. The first-order valence-electron chi connectivity index (χ1n) is 11.6. The minimum Gasteiger partial charge on any atom is -0.495 e. The molecule has 8 nitrogen and oxygen atoms in total. The molecule has 1 amide bonds. The molecule has 1 aliphatic rings.